The van der Waals surface area contributed by atoms with Gasteiger partial charge in [-0.2, -0.15) is 0 Å². The normalized spacial score (nSPS) is 15.1. The fourth-order valence-electron chi connectivity index (χ4n) is 4.31. The van der Waals surface area contributed by atoms with Crippen LogP contribution in [0.5, 0.6) is 5.88 Å². The van der Waals surface area contributed by atoms with E-state index < -0.39 is 0 Å². The molecular formula is C26H26N4O. The molecule has 5 nitrogen and oxygen atoms in total. The Bertz CT molecular complexity index is 1220. The summed E-state index contributed by atoms with van der Waals surface area (Å²) in [6.07, 6.45) is 6.12. The molecule has 2 N–H and O–H groups in total. The van der Waals surface area contributed by atoms with Gasteiger partial charge in [-0.25, -0.2) is 4.99 Å². The predicted molar refractivity (Wildman–Crippen MR) is 125 cm³/mol. The van der Waals surface area contributed by atoms with Crippen LogP contribution in [-0.2, 0) is 6.54 Å². The molecule has 1 saturated heterocycles. The van der Waals surface area contributed by atoms with E-state index in [4.69, 9.17) is 4.99 Å². The number of aliphatic imine (C=N–C) groups is 1. The van der Waals surface area contributed by atoms with Crippen molar-refractivity contribution in [1.82, 2.24) is 14.9 Å². The first-order chi connectivity index (χ1) is 15.2. The zero-order valence-electron chi connectivity index (χ0n) is 17.7. The van der Waals surface area contributed by atoms with Crippen LogP contribution in [0, 0.1) is 6.92 Å². The molecule has 156 valence electrons. The highest BCUT2D eigenvalue weighted by atomic mass is 16.3. The molecule has 3 heterocycles. The molecule has 0 spiro atoms. The molecule has 0 amide bonds. The molecule has 0 atom stereocenters. The molecule has 0 radical (unpaired) electrons. The van der Waals surface area contributed by atoms with Gasteiger partial charge in [0.15, 0.2) is 5.88 Å². The van der Waals surface area contributed by atoms with E-state index in [1.807, 2.05) is 37.3 Å². The Hall–Kier alpha value is -3.44. The van der Waals surface area contributed by atoms with E-state index in [9.17, 15) is 5.11 Å². The number of aromatic hydroxyl groups is 1. The number of H-pyrrole nitrogens is 1. The number of fused-ring (bicyclic) bond motifs is 1. The number of nitrogens with zero attached hydrogens (tertiary/aromatic N) is 3. The third-order valence-corrected chi connectivity index (χ3v) is 5.89. The first kappa shape index (κ1) is 19.5. The SMILES string of the molecule is Cc1ccc2c(C(=Nc3ccc(CN4CCCC4)cc3)c3cccnc3)c(O)[nH]c2c1. The van der Waals surface area contributed by atoms with Crippen LogP contribution >= 0.6 is 0 Å². The molecule has 0 aliphatic carbocycles. The minimum Gasteiger partial charge on any atom is -0.494 e. The second-order valence-corrected chi connectivity index (χ2v) is 8.25. The second-order valence-electron chi connectivity index (χ2n) is 8.25. The van der Waals surface area contributed by atoms with Crippen LogP contribution in [0.1, 0.15) is 35.1 Å². The Morgan fingerprint density at radius 1 is 1.10 bits per heavy atom. The van der Waals surface area contributed by atoms with Crippen LogP contribution in [0.4, 0.5) is 5.69 Å². The summed E-state index contributed by atoms with van der Waals surface area (Å²) in [4.78, 5) is 14.8. The van der Waals surface area contributed by atoms with Crippen LogP contribution in [0.15, 0.2) is 72.0 Å². The zero-order chi connectivity index (χ0) is 21.2. The van der Waals surface area contributed by atoms with E-state index >= 15 is 0 Å². The maximum Gasteiger partial charge on any atom is 0.199 e. The Kier molecular flexibility index (Phi) is 5.26. The van der Waals surface area contributed by atoms with Crippen molar-refractivity contribution in [2.45, 2.75) is 26.3 Å². The molecule has 1 aliphatic rings. The summed E-state index contributed by atoms with van der Waals surface area (Å²) in [6.45, 7) is 5.40. The standard InChI is InChI=1S/C26H26N4O/c1-18-6-11-22-23(15-18)29-26(31)24(22)25(20-5-4-12-27-16-20)28-21-9-7-19(8-10-21)17-30-13-2-3-14-30/h4-12,15-16,29,31H,2-3,13-14,17H2,1H3. The average Bonchev–Trinajstić information content (AvgIpc) is 3.40. The van der Waals surface area contributed by atoms with Gasteiger partial charge in [0.05, 0.1) is 17.0 Å². The summed E-state index contributed by atoms with van der Waals surface area (Å²) in [5.74, 6) is 0.119. The highest BCUT2D eigenvalue weighted by molar-refractivity contribution is 6.21. The van der Waals surface area contributed by atoms with E-state index in [0.717, 1.165) is 34.3 Å². The fraction of sp³-hybridized carbons (Fsp3) is 0.231. The van der Waals surface area contributed by atoms with Gasteiger partial charge in [-0.05, 0) is 74.3 Å². The number of rotatable bonds is 5. The fourth-order valence-corrected chi connectivity index (χ4v) is 4.31. The Balaban J connectivity index is 1.56. The van der Waals surface area contributed by atoms with Gasteiger partial charge in [-0.3, -0.25) is 9.88 Å². The third-order valence-electron chi connectivity index (χ3n) is 5.89. The second kappa shape index (κ2) is 8.36. The topological polar surface area (TPSA) is 64.5 Å². The summed E-state index contributed by atoms with van der Waals surface area (Å²) in [5.41, 5.74) is 6.44. The molecule has 4 aromatic rings. The highest BCUT2D eigenvalue weighted by Gasteiger charge is 2.19. The van der Waals surface area contributed by atoms with Gasteiger partial charge in [0.1, 0.15) is 0 Å². The van der Waals surface area contributed by atoms with Gasteiger partial charge in [-0.1, -0.05) is 24.3 Å². The summed E-state index contributed by atoms with van der Waals surface area (Å²) in [6, 6.07) is 18.4. The molecule has 2 aromatic carbocycles. The van der Waals surface area contributed by atoms with E-state index in [0.29, 0.717) is 11.3 Å². The number of benzene rings is 2. The summed E-state index contributed by atoms with van der Waals surface area (Å²) in [7, 11) is 0. The lowest BCUT2D eigenvalue weighted by atomic mass is 10.0. The molecule has 2 aromatic heterocycles. The van der Waals surface area contributed by atoms with Crippen molar-refractivity contribution in [3.05, 3.63) is 89.2 Å². The van der Waals surface area contributed by atoms with Crippen LogP contribution in [0.2, 0.25) is 0 Å². The number of hydrogen-bond acceptors (Lipinski definition) is 4. The average molecular weight is 411 g/mol. The smallest absolute Gasteiger partial charge is 0.199 e. The molecule has 0 saturated carbocycles. The van der Waals surface area contributed by atoms with Crippen molar-refractivity contribution in [2.75, 3.05) is 13.1 Å². The first-order valence-corrected chi connectivity index (χ1v) is 10.8. The van der Waals surface area contributed by atoms with E-state index in [2.05, 4.69) is 39.1 Å². The Morgan fingerprint density at radius 3 is 2.65 bits per heavy atom. The molecular weight excluding hydrogens is 384 g/mol. The first-order valence-electron chi connectivity index (χ1n) is 10.8. The quantitative estimate of drug-likeness (QED) is 0.436. The zero-order valence-corrected chi connectivity index (χ0v) is 17.7. The number of aromatic amines is 1. The largest absolute Gasteiger partial charge is 0.494 e. The number of pyridine rings is 1. The third kappa shape index (κ3) is 4.09. The maximum absolute atomic E-state index is 10.8. The van der Waals surface area contributed by atoms with Gasteiger partial charge >= 0.3 is 0 Å². The van der Waals surface area contributed by atoms with Gasteiger partial charge in [-0.15, -0.1) is 0 Å². The monoisotopic (exact) mass is 410 g/mol. The molecule has 1 aliphatic heterocycles. The summed E-state index contributed by atoms with van der Waals surface area (Å²) >= 11 is 0. The van der Waals surface area contributed by atoms with Gasteiger partial charge in [0.25, 0.3) is 0 Å². The number of likely N-dealkylation sites (tertiary alicyclic amines) is 1. The van der Waals surface area contributed by atoms with Gasteiger partial charge in [0, 0.05) is 35.4 Å². The van der Waals surface area contributed by atoms with Crippen LogP contribution in [0.25, 0.3) is 10.9 Å². The summed E-state index contributed by atoms with van der Waals surface area (Å²) < 4.78 is 0. The lowest BCUT2D eigenvalue weighted by Crippen LogP contribution is -2.18. The number of aryl methyl sites for hydroxylation is 1. The van der Waals surface area contributed by atoms with E-state index in [1.54, 1.807) is 12.4 Å². The van der Waals surface area contributed by atoms with Crippen molar-refractivity contribution >= 4 is 22.3 Å². The van der Waals surface area contributed by atoms with E-state index in [-0.39, 0.29) is 5.88 Å². The van der Waals surface area contributed by atoms with Crippen molar-refractivity contribution in [1.29, 1.82) is 0 Å². The van der Waals surface area contributed by atoms with Crippen molar-refractivity contribution in [3.63, 3.8) is 0 Å². The molecule has 5 heteroatoms. The van der Waals surface area contributed by atoms with E-state index in [1.165, 1.54) is 31.5 Å². The number of aromatic nitrogens is 2. The number of hydrogen-bond donors (Lipinski definition) is 2. The minimum absolute atomic E-state index is 0.119. The molecule has 1 fully saturated rings. The Labute approximate surface area is 182 Å². The molecule has 0 unspecified atom stereocenters. The molecule has 0 bridgehead atoms. The maximum atomic E-state index is 10.8. The summed E-state index contributed by atoms with van der Waals surface area (Å²) in [5, 5.41) is 11.7. The van der Waals surface area contributed by atoms with Crippen LogP contribution in [0.3, 0.4) is 0 Å². The highest BCUT2D eigenvalue weighted by Crippen LogP contribution is 2.32. The Morgan fingerprint density at radius 2 is 1.90 bits per heavy atom. The van der Waals surface area contributed by atoms with Gasteiger partial charge < -0.3 is 10.1 Å². The van der Waals surface area contributed by atoms with Gasteiger partial charge in [0.2, 0.25) is 0 Å². The lowest BCUT2D eigenvalue weighted by Gasteiger charge is -2.14. The van der Waals surface area contributed by atoms with Crippen molar-refractivity contribution in [2.24, 2.45) is 4.99 Å². The lowest BCUT2D eigenvalue weighted by molar-refractivity contribution is 0.331. The van der Waals surface area contributed by atoms with Crippen molar-refractivity contribution < 1.29 is 5.11 Å². The predicted octanol–water partition coefficient (Wildman–Crippen LogP) is 5.34. The van der Waals surface area contributed by atoms with Crippen LogP contribution in [-0.4, -0.2) is 38.8 Å². The minimum atomic E-state index is 0.119. The van der Waals surface area contributed by atoms with Crippen molar-refractivity contribution in [3.8, 4) is 5.88 Å². The molecule has 5 rings (SSSR count). The van der Waals surface area contributed by atoms with Crippen LogP contribution < -0.4 is 0 Å². The number of nitrogens with one attached hydrogen (secondary N) is 1. The molecule has 31 heavy (non-hydrogen) atoms.